The molecule has 0 aliphatic heterocycles. The van der Waals surface area contributed by atoms with Gasteiger partial charge in [-0.15, -0.1) is 0 Å². The van der Waals surface area contributed by atoms with Crippen LogP contribution in [0.2, 0.25) is 0 Å². The summed E-state index contributed by atoms with van der Waals surface area (Å²) in [6.45, 7) is 2.04. The molecule has 0 aliphatic carbocycles. The quantitative estimate of drug-likeness (QED) is 0.662. The first-order valence-corrected chi connectivity index (χ1v) is 6.07. The Morgan fingerprint density at radius 1 is 1.26 bits per heavy atom. The molecule has 0 fully saturated rings. The number of nitro groups is 1. The Balaban J connectivity index is 2.15. The van der Waals surface area contributed by atoms with E-state index in [2.05, 4.69) is 17.4 Å². The highest BCUT2D eigenvalue weighted by Crippen LogP contribution is 2.24. The summed E-state index contributed by atoms with van der Waals surface area (Å²) >= 11 is 0. The molecule has 5 heteroatoms. The fourth-order valence-electron chi connectivity index (χ4n) is 1.93. The van der Waals surface area contributed by atoms with Crippen LogP contribution in [-0.2, 0) is 6.42 Å². The molecule has 0 aliphatic rings. The topological polar surface area (TPSA) is 68.3 Å². The van der Waals surface area contributed by atoms with E-state index in [0.29, 0.717) is 5.76 Å². The van der Waals surface area contributed by atoms with Crippen molar-refractivity contribution < 1.29 is 9.34 Å². The minimum Gasteiger partial charge on any atom is -0.404 e. The number of aryl methyl sites for hydroxylation is 1. The van der Waals surface area contributed by atoms with Gasteiger partial charge in [0.25, 0.3) is 0 Å². The van der Waals surface area contributed by atoms with Gasteiger partial charge < -0.3 is 9.73 Å². The van der Waals surface area contributed by atoms with Gasteiger partial charge >= 0.3 is 5.88 Å². The molecule has 1 aromatic heterocycles. The van der Waals surface area contributed by atoms with Gasteiger partial charge in [0.05, 0.1) is 12.1 Å². The molecule has 0 spiro atoms. The molecule has 1 heterocycles. The average molecular weight is 260 g/mol. The molecule has 1 aromatic carbocycles. The Bertz CT molecular complexity index is 560. The van der Waals surface area contributed by atoms with Crippen LogP contribution in [0.15, 0.2) is 40.8 Å². The fourth-order valence-corrected chi connectivity index (χ4v) is 1.93. The Labute approximate surface area is 111 Å². The van der Waals surface area contributed by atoms with Crippen molar-refractivity contribution in [2.75, 3.05) is 7.05 Å². The summed E-state index contributed by atoms with van der Waals surface area (Å²) in [4.78, 5) is 10.1. The zero-order valence-corrected chi connectivity index (χ0v) is 10.9. The van der Waals surface area contributed by atoms with Crippen LogP contribution in [-0.4, -0.2) is 12.0 Å². The van der Waals surface area contributed by atoms with Crippen LogP contribution in [0.4, 0.5) is 5.88 Å². The predicted octanol–water partition coefficient (Wildman–Crippen LogP) is 3.00. The van der Waals surface area contributed by atoms with Crippen LogP contribution in [0.25, 0.3) is 0 Å². The van der Waals surface area contributed by atoms with Crippen molar-refractivity contribution in [2.24, 2.45) is 0 Å². The Morgan fingerprint density at radius 3 is 2.47 bits per heavy atom. The van der Waals surface area contributed by atoms with Crippen molar-refractivity contribution in [1.82, 2.24) is 5.32 Å². The third-order valence-electron chi connectivity index (χ3n) is 3.04. The maximum atomic E-state index is 10.6. The van der Waals surface area contributed by atoms with Crippen molar-refractivity contribution in [3.05, 3.63) is 63.4 Å². The number of rotatable bonds is 5. The highest BCUT2D eigenvalue weighted by molar-refractivity contribution is 5.25. The largest absolute Gasteiger partial charge is 0.433 e. The van der Waals surface area contributed by atoms with Crippen LogP contribution in [0.3, 0.4) is 0 Å². The molecule has 100 valence electrons. The van der Waals surface area contributed by atoms with Crippen LogP contribution in [0.5, 0.6) is 0 Å². The summed E-state index contributed by atoms with van der Waals surface area (Å²) in [6, 6.07) is 11.2. The van der Waals surface area contributed by atoms with Gasteiger partial charge in [0.15, 0.2) is 0 Å². The Kier molecular flexibility index (Phi) is 3.97. The molecule has 0 saturated heterocycles. The zero-order valence-electron chi connectivity index (χ0n) is 10.9. The molecule has 19 heavy (non-hydrogen) atoms. The molecular weight excluding hydrogens is 244 g/mol. The summed E-state index contributed by atoms with van der Waals surface area (Å²) in [5.74, 6) is 0.355. The van der Waals surface area contributed by atoms with Crippen molar-refractivity contribution >= 4 is 5.88 Å². The molecule has 0 bridgehead atoms. The lowest BCUT2D eigenvalue weighted by Crippen LogP contribution is -2.18. The molecule has 1 unspecified atom stereocenters. The number of hydrogen-bond acceptors (Lipinski definition) is 4. The number of benzene rings is 1. The molecule has 0 radical (unpaired) electrons. The first-order valence-electron chi connectivity index (χ1n) is 6.07. The number of nitrogens with one attached hydrogen (secondary N) is 1. The Morgan fingerprint density at radius 2 is 1.95 bits per heavy atom. The lowest BCUT2D eigenvalue weighted by atomic mass is 10.0. The summed E-state index contributed by atoms with van der Waals surface area (Å²) in [7, 11) is 1.81. The van der Waals surface area contributed by atoms with E-state index in [-0.39, 0.29) is 11.9 Å². The molecule has 2 rings (SSSR count). The lowest BCUT2D eigenvalue weighted by Gasteiger charge is -2.13. The highest BCUT2D eigenvalue weighted by Gasteiger charge is 2.18. The van der Waals surface area contributed by atoms with Gasteiger partial charge in [-0.3, -0.25) is 10.1 Å². The molecule has 0 amide bonds. The average Bonchev–Trinajstić information content (AvgIpc) is 2.88. The fraction of sp³-hybridized carbons (Fsp3) is 0.286. The van der Waals surface area contributed by atoms with E-state index >= 15 is 0 Å². The van der Waals surface area contributed by atoms with Gasteiger partial charge in [0, 0.05) is 0 Å². The maximum absolute atomic E-state index is 10.6. The minimum atomic E-state index is -0.526. The van der Waals surface area contributed by atoms with E-state index in [1.165, 1.54) is 11.6 Å². The number of furan rings is 1. The molecule has 5 nitrogen and oxygen atoms in total. The third-order valence-corrected chi connectivity index (χ3v) is 3.04. The molecular formula is C14H16N2O3. The normalized spacial score (nSPS) is 12.3. The summed E-state index contributed by atoms with van der Waals surface area (Å²) < 4.78 is 5.23. The van der Waals surface area contributed by atoms with Crippen LogP contribution >= 0.6 is 0 Å². The van der Waals surface area contributed by atoms with E-state index in [1.807, 2.05) is 26.1 Å². The van der Waals surface area contributed by atoms with E-state index in [1.54, 1.807) is 6.07 Å². The summed E-state index contributed by atoms with van der Waals surface area (Å²) in [5, 5.41) is 13.7. The first kappa shape index (κ1) is 13.3. The molecule has 2 aromatic rings. The second-order valence-corrected chi connectivity index (χ2v) is 4.46. The van der Waals surface area contributed by atoms with Crippen LogP contribution < -0.4 is 5.32 Å². The van der Waals surface area contributed by atoms with Gasteiger partial charge in [0.1, 0.15) is 10.7 Å². The van der Waals surface area contributed by atoms with Crippen LogP contribution in [0.1, 0.15) is 22.9 Å². The van der Waals surface area contributed by atoms with Gasteiger partial charge in [-0.25, -0.2) is 0 Å². The molecule has 1 N–H and O–H groups in total. The lowest BCUT2D eigenvalue weighted by molar-refractivity contribution is -0.402. The standard InChI is InChI=1S/C14H16N2O3/c1-10-3-5-11(6-4-10)9-12(15-2)13-7-8-14(19-13)16(17)18/h3-8,12,15H,9H2,1-2H3. The van der Waals surface area contributed by atoms with Gasteiger partial charge in [-0.1, -0.05) is 29.8 Å². The second kappa shape index (κ2) is 5.67. The minimum absolute atomic E-state index is 0.0728. The Hall–Kier alpha value is -2.14. The van der Waals surface area contributed by atoms with Crippen molar-refractivity contribution in [3.63, 3.8) is 0 Å². The van der Waals surface area contributed by atoms with Crippen LogP contribution in [0, 0.1) is 17.0 Å². The zero-order chi connectivity index (χ0) is 13.8. The van der Waals surface area contributed by atoms with Gasteiger partial charge in [0.2, 0.25) is 0 Å². The smallest absolute Gasteiger partial charge is 0.404 e. The number of nitrogens with zero attached hydrogens (tertiary/aromatic N) is 1. The van der Waals surface area contributed by atoms with Crippen molar-refractivity contribution in [3.8, 4) is 0 Å². The van der Waals surface area contributed by atoms with Crippen molar-refractivity contribution in [1.29, 1.82) is 0 Å². The molecule has 0 saturated carbocycles. The van der Waals surface area contributed by atoms with E-state index in [4.69, 9.17) is 4.42 Å². The maximum Gasteiger partial charge on any atom is 0.433 e. The first-order chi connectivity index (χ1) is 9.10. The van der Waals surface area contributed by atoms with Gasteiger partial charge in [-0.2, -0.15) is 0 Å². The van der Waals surface area contributed by atoms with Gasteiger partial charge in [-0.05, 0) is 32.0 Å². The summed E-state index contributed by atoms with van der Waals surface area (Å²) in [5.41, 5.74) is 2.36. The van der Waals surface area contributed by atoms with E-state index in [9.17, 15) is 10.1 Å². The second-order valence-electron chi connectivity index (χ2n) is 4.46. The predicted molar refractivity (Wildman–Crippen MR) is 72.0 cm³/mol. The van der Waals surface area contributed by atoms with E-state index < -0.39 is 4.92 Å². The SMILES string of the molecule is CNC(Cc1ccc(C)cc1)c1ccc([N+](=O)[O-])o1. The monoisotopic (exact) mass is 260 g/mol. The summed E-state index contributed by atoms with van der Waals surface area (Å²) in [6.07, 6.45) is 0.724. The molecule has 1 atom stereocenters. The van der Waals surface area contributed by atoms with E-state index in [0.717, 1.165) is 12.0 Å². The third kappa shape index (κ3) is 3.20. The number of hydrogen-bond donors (Lipinski definition) is 1. The highest BCUT2D eigenvalue weighted by atomic mass is 16.6. The number of likely N-dealkylation sites (N-methyl/N-ethyl adjacent to an activating group) is 1. The van der Waals surface area contributed by atoms with Crippen molar-refractivity contribution in [2.45, 2.75) is 19.4 Å².